The van der Waals surface area contributed by atoms with Crippen molar-refractivity contribution in [1.82, 2.24) is 14.9 Å². The van der Waals surface area contributed by atoms with Crippen LogP contribution in [0.5, 0.6) is 0 Å². The third-order valence-corrected chi connectivity index (χ3v) is 3.89. The highest BCUT2D eigenvalue weighted by Gasteiger charge is 2.33. The zero-order valence-electron chi connectivity index (χ0n) is 14.5. The predicted octanol–water partition coefficient (Wildman–Crippen LogP) is 2.72. The Morgan fingerprint density at radius 3 is 2.50 bits per heavy atom. The van der Waals surface area contributed by atoms with E-state index in [9.17, 15) is 14.0 Å². The van der Waals surface area contributed by atoms with Gasteiger partial charge in [-0.25, -0.2) is 9.07 Å². The molecule has 0 aliphatic rings. The Bertz CT molecular complexity index is 1010. The van der Waals surface area contributed by atoms with E-state index in [1.165, 1.54) is 24.3 Å². The van der Waals surface area contributed by atoms with E-state index >= 15 is 0 Å². The number of nitrogens with one attached hydrogen (secondary N) is 1. The number of aromatic nitrogens is 3. The highest BCUT2D eigenvalue weighted by atomic mass is 19.1. The fourth-order valence-corrected chi connectivity index (χ4v) is 2.37. The molecule has 0 unspecified atom stereocenters. The Labute approximate surface area is 148 Å². The summed E-state index contributed by atoms with van der Waals surface area (Å²) >= 11 is 0. The molecule has 0 bridgehead atoms. The Kier molecular flexibility index (Phi) is 4.41. The predicted molar refractivity (Wildman–Crippen MR) is 93.1 cm³/mol. The third kappa shape index (κ3) is 3.39. The summed E-state index contributed by atoms with van der Waals surface area (Å²) in [5.41, 5.74) is -0.0481. The van der Waals surface area contributed by atoms with Gasteiger partial charge in [-0.1, -0.05) is 5.16 Å². The zero-order valence-corrected chi connectivity index (χ0v) is 14.5. The van der Waals surface area contributed by atoms with Gasteiger partial charge < -0.3 is 4.52 Å². The van der Waals surface area contributed by atoms with Crippen LogP contribution in [0.4, 0.5) is 10.3 Å². The van der Waals surface area contributed by atoms with Crippen molar-refractivity contribution in [2.45, 2.75) is 26.3 Å². The minimum absolute atomic E-state index is 0.184. The molecular weight excluding hydrogens is 339 g/mol. The lowest BCUT2D eigenvalue weighted by atomic mass is 10.0. The second-order valence-corrected chi connectivity index (χ2v) is 6.32. The standard InChI is InChI=1S/C18H17FN4O3/c1-11-10-15(26-22-11)20-17(25)18(2,3)23-16(24)9-8-14(21-23)12-4-6-13(19)7-5-12/h4-10H,1-3H3,(H,20,25). The molecule has 0 saturated heterocycles. The summed E-state index contributed by atoms with van der Waals surface area (Å²) in [5.74, 6) is -0.674. The number of nitrogens with zero attached hydrogens (tertiary/aromatic N) is 3. The third-order valence-electron chi connectivity index (χ3n) is 3.89. The van der Waals surface area contributed by atoms with E-state index < -0.39 is 17.0 Å². The number of hydrogen-bond acceptors (Lipinski definition) is 5. The molecule has 8 heteroatoms. The Hall–Kier alpha value is -3.29. The number of hydrogen-bond donors (Lipinski definition) is 1. The van der Waals surface area contributed by atoms with Gasteiger partial charge in [0.15, 0.2) is 0 Å². The molecular formula is C18H17FN4O3. The van der Waals surface area contributed by atoms with Gasteiger partial charge >= 0.3 is 0 Å². The van der Waals surface area contributed by atoms with Gasteiger partial charge in [0, 0.05) is 17.7 Å². The van der Waals surface area contributed by atoms with Crippen molar-refractivity contribution in [3.8, 4) is 11.3 Å². The molecule has 3 rings (SSSR count). The molecule has 2 aromatic heterocycles. The van der Waals surface area contributed by atoms with Crippen molar-refractivity contribution in [3.63, 3.8) is 0 Å². The van der Waals surface area contributed by atoms with Crippen molar-refractivity contribution in [3.05, 3.63) is 64.3 Å². The molecule has 1 N–H and O–H groups in total. The Morgan fingerprint density at radius 2 is 1.88 bits per heavy atom. The maximum Gasteiger partial charge on any atom is 0.267 e. The van der Waals surface area contributed by atoms with Crippen LogP contribution in [0.2, 0.25) is 0 Å². The molecule has 0 fully saturated rings. The van der Waals surface area contributed by atoms with E-state index in [0.29, 0.717) is 17.0 Å². The molecule has 26 heavy (non-hydrogen) atoms. The van der Waals surface area contributed by atoms with Gasteiger partial charge in [-0.15, -0.1) is 0 Å². The lowest BCUT2D eigenvalue weighted by Crippen LogP contribution is -2.47. The number of carbonyl (C=O) groups is 1. The van der Waals surface area contributed by atoms with Crippen LogP contribution in [-0.4, -0.2) is 20.8 Å². The SMILES string of the molecule is Cc1cc(NC(=O)C(C)(C)n2nc(-c3ccc(F)cc3)ccc2=O)on1. The molecule has 0 spiro atoms. The summed E-state index contributed by atoms with van der Waals surface area (Å²) in [6.45, 7) is 4.85. The van der Waals surface area contributed by atoms with Gasteiger partial charge in [-0.05, 0) is 51.1 Å². The molecule has 0 atom stereocenters. The van der Waals surface area contributed by atoms with Crippen LogP contribution < -0.4 is 10.9 Å². The number of anilines is 1. The summed E-state index contributed by atoms with van der Waals surface area (Å²) < 4.78 is 19.2. The average Bonchev–Trinajstić information content (AvgIpc) is 3.01. The summed E-state index contributed by atoms with van der Waals surface area (Å²) in [4.78, 5) is 24.9. The summed E-state index contributed by atoms with van der Waals surface area (Å²) in [5, 5.41) is 10.6. The lowest BCUT2D eigenvalue weighted by Gasteiger charge is -2.24. The van der Waals surface area contributed by atoms with Crippen molar-refractivity contribution in [1.29, 1.82) is 0 Å². The van der Waals surface area contributed by atoms with E-state index in [-0.39, 0.29) is 11.7 Å². The fraction of sp³-hybridized carbons (Fsp3) is 0.222. The zero-order chi connectivity index (χ0) is 18.9. The Balaban J connectivity index is 1.95. The molecule has 1 amide bonds. The van der Waals surface area contributed by atoms with Gasteiger partial charge in [0.1, 0.15) is 11.4 Å². The van der Waals surface area contributed by atoms with Crippen molar-refractivity contribution in [2.75, 3.05) is 5.32 Å². The van der Waals surface area contributed by atoms with E-state index in [4.69, 9.17) is 4.52 Å². The van der Waals surface area contributed by atoms with Crippen molar-refractivity contribution in [2.24, 2.45) is 0 Å². The van der Waals surface area contributed by atoms with Crippen LogP contribution in [0.3, 0.4) is 0 Å². The van der Waals surface area contributed by atoms with Crippen molar-refractivity contribution < 1.29 is 13.7 Å². The van der Waals surface area contributed by atoms with E-state index in [1.807, 2.05) is 0 Å². The lowest BCUT2D eigenvalue weighted by molar-refractivity contribution is -0.123. The molecule has 0 radical (unpaired) electrons. The normalized spacial score (nSPS) is 11.4. The van der Waals surface area contributed by atoms with Crippen LogP contribution in [0.25, 0.3) is 11.3 Å². The van der Waals surface area contributed by atoms with Crippen LogP contribution in [0, 0.1) is 12.7 Å². The summed E-state index contributed by atoms with van der Waals surface area (Å²) in [7, 11) is 0. The first-order valence-corrected chi connectivity index (χ1v) is 7.89. The maximum atomic E-state index is 13.1. The highest BCUT2D eigenvalue weighted by Crippen LogP contribution is 2.20. The van der Waals surface area contributed by atoms with E-state index in [1.54, 1.807) is 39.0 Å². The number of benzene rings is 1. The first-order chi connectivity index (χ1) is 12.3. The molecule has 2 heterocycles. The van der Waals surface area contributed by atoms with Gasteiger partial charge in [-0.3, -0.25) is 14.9 Å². The largest absolute Gasteiger partial charge is 0.338 e. The summed E-state index contributed by atoms with van der Waals surface area (Å²) in [6.07, 6.45) is 0. The maximum absolute atomic E-state index is 13.1. The summed E-state index contributed by atoms with van der Waals surface area (Å²) in [6, 6.07) is 10.1. The average molecular weight is 356 g/mol. The number of rotatable bonds is 4. The van der Waals surface area contributed by atoms with Crippen molar-refractivity contribution >= 4 is 11.8 Å². The quantitative estimate of drug-likeness (QED) is 0.776. The second kappa shape index (κ2) is 6.55. The molecule has 0 aliphatic heterocycles. The monoisotopic (exact) mass is 356 g/mol. The number of carbonyl (C=O) groups excluding carboxylic acids is 1. The van der Waals surface area contributed by atoms with Gasteiger partial charge in [0.25, 0.3) is 11.5 Å². The Morgan fingerprint density at radius 1 is 1.19 bits per heavy atom. The molecule has 0 aliphatic carbocycles. The van der Waals surface area contributed by atoms with E-state index in [0.717, 1.165) is 4.68 Å². The van der Waals surface area contributed by atoms with Gasteiger partial charge in [0.05, 0.1) is 11.4 Å². The molecule has 1 aromatic carbocycles. The highest BCUT2D eigenvalue weighted by molar-refractivity contribution is 5.95. The van der Waals surface area contributed by atoms with Gasteiger partial charge in [-0.2, -0.15) is 5.10 Å². The first kappa shape index (κ1) is 17.5. The first-order valence-electron chi connectivity index (χ1n) is 7.89. The number of aryl methyl sites for hydroxylation is 1. The topological polar surface area (TPSA) is 90.0 Å². The van der Waals surface area contributed by atoms with Crippen LogP contribution in [-0.2, 0) is 10.3 Å². The van der Waals surface area contributed by atoms with Gasteiger partial charge in [0.2, 0.25) is 5.88 Å². The number of amides is 1. The molecule has 0 saturated carbocycles. The van der Waals surface area contributed by atoms with E-state index in [2.05, 4.69) is 15.6 Å². The van der Waals surface area contributed by atoms with Crippen LogP contribution in [0.15, 0.2) is 51.8 Å². The minimum atomic E-state index is -1.30. The number of halogens is 1. The van der Waals surface area contributed by atoms with Crippen LogP contribution in [0.1, 0.15) is 19.5 Å². The second-order valence-electron chi connectivity index (χ2n) is 6.32. The smallest absolute Gasteiger partial charge is 0.267 e. The molecule has 3 aromatic rings. The van der Waals surface area contributed by atoms with Crippen LogP contribution >= 0.6 is 0 Å². The fourth-order valence-electron chi connectivity index (χ4n) is 2.37. The molecule has 7 nitrogen and oxygen atoms in total. The minimum Gasteiger partial charge on any atom is -0.338 e. The molecule has 134 valence electrons.